The topological polar surface area (TPSA) is 54.6 Å². The molecule has 0 radical (unpaired) electrons. The molecule has 4 nitrogen and oxygen atoms in total. The van der Waals surface area contributed by atoms with E-state index in [0.29, 0.717) is 11.6 Å². The van der Waals surface area contributed by atoms with Crippen molar-refractivity contribution in [3.05, 3.63) is 118 Å². The molecule has 0 unspecified atom stereocenters. The van der Waals surface area contributed by atoms with Crippen molar-refractivity contribution in [2.75, 3.05) is 0 Å². The molecule has 0 amide bonds. The Morgan fingerprint density at radius 1 is 0.791 bits per heavy atom. The summed E-state index contributed by atoms with van der Waals surface area (Å²) >= 11 is 1.68. The molecule has 7 aromatic rings. The van der Waals surface area contributed by atoms with Gasteiger partial charge < -0.3 is 9.77 Å². The lowest BCUT2D eigenvalue weighted by molar-refractivity contribution is 0.319. The Balaban J connectivity index is 1.55. The molecule has 8 rings (SSSR count). The Bertz CT molecular complexity index is 2300. The van der Waals surface area contributed by atoms with E-state index >= 15 is 0 Å². The number of oxime groups is 1. The highest BCUT2D eigenvalue weighted by Crippen LogP contribution is 2.42. The summed E-state index contributed by atoms with van der Waals surface area (Å²) in [5.41, 5.74) is 5.69. The molecule has 43 heavy (non-hydrogen) atoms. The van der Waals surface area contributed by atoms with Crippen LogP contribution in [0.25, 0.3) is 52.8 Å². The second kappa shape index (κ2) is 10.4. The summed E-state index contributed by atoms with van der Waals surface area (Å²) in [7, 11) is 0. The number of nitrogens with zero attached hydrogens (tertiary/aromatic N) is 2. The van der Waals surface area contributed by atoms with Gasteiger partial charge in [0, 0.05) is 59.5 Å². The third-order valence-corrected chi connectivity index (χ3v) is 10.6. The van der Waals surface area contributed by atoms with Gasteiger partial charge in [0.15, 0.2) is 5.43 Å². The summed E-state index contributed by atoms with van der Waals surface area (Å²) in [6, 6.07) is 31.0. The third-order valence-electron chi connectivity index (χ3n) is 9.49. The fraction of sp³-hybridized carbons (Fsp3) is 0.211. The minimum Gasteiger partial charge on any atom is -0.410 e. The number of aryl methyl sites for hydroxylation is 1. The van der Waals surface area contributed by atoms with Crippen LogP contribution in [0.5, 0.6) is 0 Å². The van der Waals surface area contributed by atoms with Crippen molar-refractivity contribution in [1.82, 2.24) is 4.57 Å². The van der Waals surface area contributed by atoms with Crippen molar-refractivity contribution in [3.63, 3.8) is 0 Å². The normalized spacial score (nSPS) is 15.0. The van der Waals surface area contributed by atoms with Gasteiger partial charge >= 0.3 is 0 Å². The number of hydrogen-bond acceptors (Lipinski definition) is 4. The maximum atomic E-state index is 14.3. The van der Waals surface area contributed by atoms with Gasteiger partial charge in [0.1, 0.15) is 5.71 Å². The zero-order valence-electron chi connectivity index (χ0n) is 24.1. The van der Waals surface area contributed by atoms with Crippen molar-refractivity contribution in [1.29, 1.82) is 0 Å². The number of hydrogen-bond donors (Lipinski definition) is 1. The van der Waals surface area contributed by atoms with E-state index in [2.05, 4.69) is 52.2 Å². The highest BCUT2D eigenvalue weighted by Gasteiger charge is 2.24. The molecule has 1 aliphatic carbocycles. The van der Waals surface area contributed by atoms with Crippen LogP contribution in [-0.2, 0) is 6.54 Å². The van der Waals surface area contributed by atoms with Gasteiger partial charge in [0.25, 0.3) is 0 Å². The molecular weight excluding hydrogens is 548 g/mol. The average molecular weight is 581 g/mol. The standard InChI is InChI=1S/C38H32N2O2S/c1-23-11-5-6-14-25(23)36(39-42)29-21-30-34-31(19-20-33-35(34)38(41)28-17-9-10-18-32(28)43-33)40(22-24-12-3-2-4-13-24)37(30)27-16-8-7-15-26(27)29/h5-11,14-21,24,42H,2-4,12-13,22H2,1H3/b39-36-. The Kier molecular flexibility index (Phi) is 6.30. The molecule has 5 heteroatoms. The van der Waals surface area contributed by atoms with Crippen LogP contribution in [0.15, 0.2) is 101 Å². The Hall–Kier alpha value is -4.48. The van der Waals surface area contributed by atoms with E-state index in [4.69, 9.17) is 0 Å². The Labute approximate surface area is 253 Å². The predicted octanol–water partition coefficient (Wildman–Crippen LogP) is 9.79. The number of benzene rings is 5. The molecule has 1 fully saturated rings. The molecule has 0 spiro atoms. The molecule has 2 aromatic heterocycles. The zero-order chi connectivity index (χ0) is 29.1. The second-order valence-corrected chi connectivity index (χ2v) is 13.1. The largest absolute Gasteiger partial charge is 0.410 e. The van der Waals surface area contributed by atoms with Gasteiger partial charge in [0.05, 0.1) is 5.52 Å². The van der Waals surface area contributed by atoms with E-state index in [-0.39, 0.29) is 5.43 Å². The molecule has 0 saturated heterocycles. The van der Waals surface area contributed by atoms with E-state index in [1.807, 2.05) is 55.5 Å². The smallest absolute Gasteiger partial charge is 0.196 e. The van der Waals surface area contributed by atoms with E-state index < -0.39 is 0 Å². The summed E-state index contributed by atoms with van der Waals surface area (Å²) in [5.74, 6) is 0.606. The van der Waals surface area contributed by atoms with E-state index in [1.54, 1.807) is 11.3 Å². The summed E-state index contributed by atoms with van der Waals surface area (Å²) < 4.78 is 4.50. The van der Waals surface area contributed by atoms with Crippen molar-refractivity contribution in [3.8, 4) is 0 Å². The first-order valence-electron chi connectivity index (χ1n) is 15.2. The molecular formula is C38H32N2O2S. The summed E-state index contributed by atoms with van der Waals surface area (Å²) in [6.45, 7) is 2.97. The van der Waals surface area contributed by atoms with Gasteiger partial charge in [-0.1, -0.05) is 85.1 Å². The highest BCUT2D eigenvalue weighted by atomic mass is 32.1. The number of fused-ring (bicyclic) bond motifs is 8. The van der Waals surface area contributed by atoms with Gasteiger partial charge in [-0.2, -0.15) is 0 Å². The summed E-state index contributed by atoms with van der Waals surface area (Å²) in [6.07, 6.45) is 6.34. The molecule has 1 N–H and O–H groups in total. The van der Waals surface area contributed by atoms with E-state index in [0.717, 1.165) is 76.0 Å². The third kappa shape index (κ3) is 4.09. The van der Waals surface area contributed by atoms with Gasteiger partial charge in [-0.05, 0) is 67.0 Å². The maximum Gasteiger partial charge on any atom is 0.196 e. The first-order chi connectivity index (χ1) is 21.1. The van der Waals surface area contributed by atoms with Crippen LogP contribution in [0.1, 0.15) is 48.8 Å². The van der Waals surface area contributed by atoms with Crippen molar-refractivity contribution in [2.24, 2.45) is 11.1 Å². The number of aromatic nitrogens is 1. The Morgan fingerprint density at radius 3 is 2.30 bits per heavy atom. The molecule has 0 atom stereocenters. The van der Waals surface area contributed by atoms with Crippen LogP contribution in [0.3, 0.4) is 0 Å². The molecule has 0 bridgehead atoms. The fourth-order valence-electron chi connectivity index (χ4n) is 7.44. The number of rotatable bonds is 4. The van der Waals surface area contributed by atoms with Crippen LogP contribution in [-0.4, -0.2) is 15.5 Å². The van der Waals surface area contributed by atoms with Crippen LogP contribution < -0.4 is 5.43 Å². The minimum atomic E-state index is 0.0799. The Morgan fingerprint density at radius 2 is 1.51 bits per heavy atom. The lowest BCUT2D eigenvalue weighted by Gasteiger charge is -2.23. The highest BCUT2D eigenvalue weighted by molar-refractivity contribution is 7.24. The molecule has 1 saturated carbocycles. The van der Waals surface area contributed by atoms with Gasteiger partial charge in [-0.3, -0.25) is 4.79 Å². The van der Waals surface area contributed by atoms with E-state index in [1.165, 1.54) is 32.1 Å². The monoisotopic (exact) mass is 580 g/mol. The first-order valence-corrected chi connectivity index (χ1v) is 16.1. The quantitative estimate of drug-likeness (QED) is 0.0975. The second-order valence-electron chi connectivity index (χ2n) is 12.0. The van der Waals surface area contributed by atoms with Crippen molar-refractivity contribution >= 4 is 69.8 Å². The van der Waals surface area contributed by atoms with Gasteiger partial charge in [-0.15, -0.1) is 11.3 Å². The minimum absolute atomic E-state index is 0.0799. The molecule has 5 aromatic carbocycles. The first kappa shape index (κ1) is 26.2. The SMILES string of the molecule is Cc1ccccc1/C(=N/O)c1cc2c3c4c(=O)c5ccccc5sc4ccc3n(CC3CCCCC3)c2c2ccccc12. The molecule has 212 valence electrons. The van der Waals surface area contributed by atoms with E-state index in [9.17, 15) is 10.0 Å². The van der Waals surface area contributed by atoms with Crippen molar-refractivity contribution in [2.45, 2.75) is 45.6 Å². The maximum absolute atomic E-state index is 14.3. The van der Waals surface area contributed by atoms with Crippen LogP contribution in [0.4, 0.5) is 0 Å². The fourth-order valence-corrected chi connectivity index (χ4v) is 8.53. The molecule has 2 heterocycles. The lowest BCUT2D eigenvalue weighted by atomic mass is 9.89. The lowest BCUT2D eigenvalue weighted by Crippen LogP contribution is -2.14. The van der Waals surface area contributed by atoms with Crippen LogP contribution in [0.2, 0.25) is 0 Å². The van der Waals surface area contributed by atoms with Crippen LogP contribution in [0, 0.1) is 12.8 Å². The van der Waals surface area contributed by atoms with Crippen molar-refractivity contribution < 1.29 is 5.21 Å². The average Bonchev–Trinajstić information content (AvgIpc) is 3.36. The molecule has 1 aliphatic rings. The van der Waals surface area contributed by atoms with Crippen LogP contribution >= 0.6 is 11.3 Å². The van der Waals surface area contributed by atoms with Gasteiger partial charge in [0.2, 0.25) is 0 Å². The predicted molar refractivity (Wildman–Crippen MR) is 181 cm³/mol. The summed E-state index contributed by atoms with van der Waals surface area (Å²) in [5, 5.41) is 20.1. The van der Waals surface area contributed by atoms with Gasteiger partial charge in [-0.25, -0.2) is 0 Å². The summed E-state index contributed by atoms with van der Waals surface area (Å²) in [4.78, 5) is 14.3. The zero-order valence-corrected chi connectivity index (χ0v) is 25.0. The molecule has 0 aliphatic heterocycles.